The highest BCUT2D eigenvalue weighted by atomic mass is 19.1. The summed E-state index contributed by atoms with van der Waals surface area (Å²) in [6.45, 7) is 4.77. The molecule has 1 heterocycles. The maximum Gasteiger partial charge on any atom is 0.248 e. The van der Waals surface area contributed by atoms with E-state index in [4.69, 9.17) is 5.73 Å². The summed E-state index contributed by atoms with van der Waals surface area (Å²) < 4.78 is 13.9. The number of carbonyl (C=O) groups excluding carboxylic acids is 1. The van der Waals surface area contributed by atoms with Gasteiger partial charge < -0.3 is 5.73 Å². The summed E-state index contributed by atoms with van der Waals surface area (Å²) in [5.74, 6) is -1.01. The van der Waals surface area contributed by atoms with Crippen molar-refractivity contribution in [2.24, 2.45) is 5.73 Å². The molecule has 1 aromatic carbocycles. The second kappa shape index (κ2) is 6.33. The predicted octanol–water partition coefficient (Wildman–Crippen LogP) is 2.19. The van der Waals surface area contributed by atoms with E-state index in [-0.39, 0.29) is 5.56 Å². The SMILES string of the molecule is CC1CCCC(C)N1NCc1ccc(C(N)=O)cc1F. The van der Waals surface area contributed by atoms with Crippen LogP contribution in [-0.4, -0.2) is 23.0 Å². The Kier molecular flexibility index (Phi) is 4.73. The van der Waals surface area contributed by atoms with Crippen LogP contribution in [0.1, 0.15) is 49.0 Å². The standard InChI is InChI=1S/C15H22FN3O/c1-10-4-3-5-11(2)19(10)18-9-13-7-6-12(15(17)20)8-14(13)16/h6-8,10-11,18H,3-5,9H2,1-2H3,(H2,17,20). The molecule has 20 heavy (non-hydrogen) atoms. The zero-order valence-corrected chi connectivity index (χ0v) is 12.0. The highest BCUT2D eigenvalue weighted by Crippen LogP contribution is 2.21. The number of amides is 1. The maximum atomic E-state index is 13.9. The molecule has 0 radical (unpaired) electrons. The van der Waals surface area contributed by atoms with Crippen molar-refractivity contribution in [1.82, 2.24) is 10.4 Å². The van der Waals surface area contributed by atoms with E-state index >= 15 is 0 Å². The highest BCUT2D eigenvalue weighted by molar-refractivity contribution is 5.92. The first-order chi connectivity index (χ1) is 9.49. The summed E-state index contributed by atoms with van der Waals surface area (Å²) in [4.78, 5) is 11.0. The van der Waals surface area contributed by atoms with Gasteiger partial charge in [0.1, 0.15) is 5.82 Å². The normalized spacial score (nSPS) is 23.8. The molecule has 110 valence electrons. The molecule has 0 spiro atoms. The summed E-state index contributed by atoms with van der Waals surface area (Å²) in [7, 11) is 0. The Morgan fingerprint density at radius 2 is 2.05 bits per heavy atom. The predicted molar refractivity (Wildman–Crippen MR) is 76.4 cm³/mol. The van der Waals surface area contributed by atoms with Crippen LogP contribution in [0, 0.1) is 5.82 Å². The minimum atomic E-state index is -0.610. The van der Waals surface area contributed by atoms with E-state index < -0.39 is 11.7 Å². The van der Waals surface area contributed by atoms with Crippen LogP contribution in [0.5, 0.6) is 0 Å². The molecule has 1 aliphatic rings. The number of hydrogen-bond donors (Lipinski definition) is 2. The van der Waals surface area contributed by atoms with Gasteiger partial charge in [-0.2, -0.15) is 0 Å². The van der Waals surface area contributed by atoms with Crippen molar-refractivity contribution in [1.29, 1.82) is 0 Å². The van der Waals surface area contributed by atoms with Crippen molar-refractivity contribution in [3.05, 3.63) is 35.1 Å². The minimum absolute atomic E-state index is 0.200. The molecule has 0 aromatic heterocycles. The molecule has 0 saturated carbocycles. The molecule has 1 amide bonds. The van der Waals surface area contributed by atoms with Crippen molar-refractivity contribution in [2.45, 2.75) is 51.7 Å². The number of primary amides is 1. The fraction of sp³-hybridized carbons (Fsp3) is 0.533. The molecule has 0 bridgehead atoms. The molecule has 2 unspecified atom stereocenters. The van der Waals surface area contributed by atoms with E-state index in [1.165, 1.54) is 12.5 Å². The van der Waals surface area contributed by atoms with E-state index in [2.05, 4.69) is 24.3 Å². The molecule has 1 saturated heterocycles. The number of hydrogen-bond acceptors (Lipinski definition) is 3. The number of nitrogens with zero attached hydrogens (tertiary/aromatic N) is 1. The third-order valence-corrected chi connectivity index (χ3v) is 3.98. The molecule has 2 rings (SSSR count). The maximum absolute atomic E-state index is 13.9. The summed E-state index contributed by atoms with van der Waals surface area (Å²) in [6.07, 6.45) is 3.54. The average Bonchev–Trinajstić information content (AvgIpc) is 2.39. The van der Waals surface area contributed by atoms with Gasteiger partial charge in [-0.05, 0) is 38.8 Å². The molecule has 0 aliphatic carbocycles. The number of hydrazine groups is 1. The molecular weight excluding hydrogens is 257 g/mol. The Bertz CT molecular complexity index is 482. The first-order valence-corrected chi connectivity index (χ1v) is 7.09. The van der Waals surface area contributed by atoms with E-state index in [9.17, 15) is 9.18 Å². The van der Waals surface area contributed by atoms with Gasteiger partial charge in [0.15, 0.2) is 0 Å². The monoisotopic (exact) mass is 279 g/mol. The lowest BCUT2D eigenvalue weighted by Gasteiger charge is -2.39. The van der Waals surface area contributed by atoms with Gasteiger partial charge >= 0.3 is 0 Å². The van der Waals surface area contributed by atoms with Gasteiger partial charge in [-0.15, -0.1) is 0 Å². The Labute approximate surface area is 119 Å². The van der Waals surface area contributed by atoms with Gasteiger partial charge in [-0.3, -0.25) is 10.2 Å². The molecule has 1 aromatic rings. The lowest BCUT2D eigenvalue weighted by Crippen LogP contribution is -2.51. The summed E-state index contributed by atoms with van der Waals surface area (Å²) in [5, 5.41) is 2.20. The number of nitrogens with two attached hydrogens (primary N) is 1. The molecule has 3 N–H and O–H groups in total. The van der Waals surface area contributed by atoms with Crippen LogP contribution in [0.3, 0.4) is 0 Å². The molecule has 2 atom stereocenters. The van der Waals surface area contributed by atoms with Crippen LogP contribution in [0.4, 0.5) is 4.39 Å². The number of halogens is 1. The Balaban J connectivity index is 2.01. The molecular formula is C15H22FN3O. The van der Waals surface area contributed by atoms with Crippen molar-refractivity contribution in [3.63, 3.8) is 0 Å². The summed E-state index contributed by atoms with van der Waals surface area (Å²) in [6, 6.07) is 5.27. The number of carbonyl (C=O) groups is 1. The largest absolute Gasteiger partial charge is 0.366 e. The van der Waals surface area contributed by atoms with Crippen molar-refractivity contribution < 1.29 is 9.18 Å². The van der Waals surface area contributed by atoms with Gasteiger partial charge in [-0.1, -0.05) is 12.5 Å². The van der Waals surface area contributed by atoms with Crippen molar-refractivity contribution in [3.8, 4) is 0 Å². The fourth-order valence-corrected chi connectivity index (χ4v) is 2.75. The van der Waals surface area contributed by atoms with Crippen LogP contribution in [0.2, 0.25) is 0 Å². The first-order valence-electron chi connectivity index (χ1n) is 7.09. The lowest BCUT2D eigenvalue weighted by atomic mass is 10.00. The molecule has 1 aliphatic heterocycles. The van der Waals surface area contributed by atoms with E-state index in [1.807, 2.05) is 0 Å². The Morgan fingerprint density at radius 3 is 2.60 bits per heavy atom. The van der Waals surface area contributed by atoms with E-state index in [1.54, 1.807) is 12.1 Å². The van der Waals surface area contributed by atoms with Crippen LogP contribution in [0.15, 0.2) is 18.2 Å². The van der Waals surface area contributed by atoms with Crippen LogP contribution < -0.4 is 11.2 Å². The van der Waals surface area contributed by atoms with Gasteiger partial charge in [0.05, 0.1) is 0 Å². The summed E-state index contributed by atoms with van der Waals surface area (Å²) >= 11 is 0. The number of benzene rings is 1. The molecule has 1 fully saturated rings. The third kappa shape index (κ3) is 3.35. The minimum Gasteiger partial charge on any atom is -0.366 e. The number of nitrogens with one attached hydrogen (secondary N) is 1. The van der Waals surface area contributed by atoms with Gasteiger partial charge in [0.2, 0.25) is 5.91 Å². The van der Waals surface area contributed by atoms with E-state index in [0.717, 1.165) is 12.8 Å². The lowest BCUT2D eigenvalue weighted by molar-refractivity contribution is 0.0432. The van der Waals surface area contributed by atoms with Crippen LogP contribution in [-0.2, 0) is 6.54 Å². The molecule has 5 heteroatoms. The van der Waals surface area contributed by atoms with E-state index in [0.29, 0.717) is 24.2 Å². The second-order valence-corrected chi connectivity index (χ2v) is 5.54. The number of piperidine rings is 1. The topological polar surface area (TPSA) is 58.4 Å². The smallest absolute Gasteiger partial charge is 0.248 e. The van der Waals surface area contributed by atoms with Gasteiger partial charge in [0, 0.05) is 29.8 Å². The Morgan fingerprint density at radius 1 is 1.40 bits per heavy atom. The van der Waals surface area contributed by atoms with Crippen molar-refractivity contribution in [2.75, 3.05) is 0 Å². The third-order valence-electron chi connectivity index (χ3n) is 3.98. The Hall–Kier alpha value is -1.46. The van der Waals surface area contributed by atoms with Gasteiger partial charge in [-0.25, -0.2) is 9.40 Å². The van der Waals surface area contributed by atoms with Crippen molar-refractivity contribution >= 4 is 5.91 Å². The second-order valence-electron chi connectivity index (χ2n) is 5.54. The van der Waals surface area contributed by atoms with Crippen LogP contribution >= 0.6 is 0 Å². The zero-order chi connectivity index (χ0) is 14.7. The van der Waals surface area contributed by atoms with Gasteiger partial charge in [0.25, 0.3) is 0 Å². The van der Waals surface area contributed by atoms with Crippen LogP contribution in [0.25, 0.3) is 0 Å². The first kappa shape index (κ1) is 14.9. The number of rotatable bonds is 4. The zero-order valence-electron chi connectivity index (χ0n) is 12.0. The highest BCUT2D eigenvalue weighted by Gasteiger charge is 2.24. The summed E-state index contributed by atoms with van der Waals surface area (Å²) in [5.41, 5.74) is 9.18. The quantitative estimate of drug-likeness (QED) is 0.888. The average molecular weight is 279 g/mol. The fourth-order valence-electron chi connectivity index (χ4n) is 2.75. The molecule has 4 nitrogen and oxygen atoms in total.